The molecule has 1 atom stereocenters. The van der Waals surface area contributed by atoms with Crippen LogP contribution in [0.15, 0.2) is 48.8 Å². The van der Waals surface area contributed by atoms with Gasteiger partial charge in [0.25, 0.3) is 0 Å². The Labute approximate surface area is 150 Å². The highest BCUT2D eigenvalue weighted by Crippen LogP contribution is 2.26. The molecular formula is C19H21N5O2. The van der Waals surface area contributed by atoms with E-state index >= 15 is 0 Å². The number of H-pyrrole nitrogens is 1. The minimum atomic E-state index is -0.614. The highest BCUT2D eigenvalue weighted by molar-refractivity contribution is 5.87. The van der Waals surface area contributed by atoms with E-state index < -0.39 is 6.10 Å². The molecule has 0 amide bonds. The van der Waals surface area contributed by atoms with Gasteiger partial charge in [-0.05, 0) is 31.2 Å². The standard InChI is InChI=1S/C19H21N5O2/c1-13-19-16(23-22-13)5-4-6-17(19)26-12-15(25)11-20-9-14-10-21-18-7-2-3-8-24(14)18/h2-8,10,15,20,25H,9,11-12H2,1H3,(H,22,23)/t15-/m0/s1. The van der Waals surface area contributed by atoms with Gasteiger partial charge in [-0.3, -0.25) is 5.10 Å². The number of aliphatic hydroxyl groups excluding tert-OH is 1. The van der Waals surface area contributed by atoms with Crippen LogP contribution >= 0.6 is 0 Å². The van der Waals surface area contributed by atoms with Gasteiger partial charge >= 0.3 is 0 Å². The number of ether oxygens (including phenoxy) is 1. The summed E-state index contributed by atoms with van der Waals surface area (Å²) in [6.45, 7) is 3.22. The number of hydrogen-bond donors (Lipinski definition) is 3. The van der Waals surface area contributed by atoms with Gasteiger partial charge in [0.1, 0.15) is 24.1 Å². The molecule has 0 spiro atoms. The SMILES string of the molecule is Cc1[nH]nc2cccc(OC[C@@H](O)CNCc3cnc4ccccn34)c12. The van der Waals surface area contributed by atoms with Crippen molar-refractivity contribution in [2.24, 2.45) is 0 Å². The maximum atomic E-state index is 10.2. The van der Waals surface area contributed by atoms with E-state index in [0.717, 1.165) is 33.7 Å². The molecule has 7 nitrogen and oxygen atoms in total. The number of aromatic amines is 1. The van der Waals surface area contributed by atoms with Crippen LogP contribution in [0.25, 0.3) is 16.6 Å². The van der Waals surface area contributed by atoms with Gasteiger partial charge in [0, 0.05) is 25.0 Å². The summed E-state index contributed by atoms with van der Waals surface area (Å²) in [6.07, 6.45) is 3.21. The van der Waals surface area contributed by atoms with E-state index in [1.807, 2.05) is 60.1 Å². The Morgan fingerprint density at radius 1 is 1.27 bits per heavy atom. The predicted molar refractivity (Wildman–Crippen MR) is 99.2 cm³/mol. The first-order valence-electron chi connectivity index (χ1n) is 8.58. The third kappa shape index (κ3) is 3.26. The number of rotatable bonds is 7. The molecule has 26 heavy (non-hydrogen) atoms. The van der Waals surface area contributed by atoms with Crippen molar-refractivity contribution in [1.82, 2.24) is 24.9 Å². The van der Waals surface area contributed by atoms with Gasteiger partial charge in [-0.2, -0.15) is 5.10 Å². The average molecular weight is 351 g/mol. The van der Waals surface area contributed by atoms with E-state index in [1.54, 1.807) is 0 Å². The molecule has 3 heterocycles. The van der Waals surface area contributed by atoms with Crippen LogP contribution in [0.2, 0.25) is 0 Å². The van der Waals surface area contributed by atoms with Gasteiger partial charge in [0.15, 0.2) is 0 Å². The largest absolute Gasteiger partial charge is 0.490 e. The number of fused-ring (bicyclic) bond motifs is 2. The molecule has 3 N–H and O–H groups in total. The van der Waals surface area contributed by atoms with Gasteiger partial charge in [-0.15, -0.1) is 0 Å². The Kier molecular flexibility index (Phi) is 4.55. The summed E-state index contributed by atoms with van der Waals surface area (Å²) in [7, 11) is 0. The second kappa shape index (κ2) is 7.15. The molecule has 0 fully saturated rings. The van der Waals surface area contributed by atoms with E-state index in [-0.39, 0.29) is 6.61 Å². The number of aliphatic hydroxyl groups is 1. The lowest BCUT2D eigenvalue weighted by atomic mass is 10.2. The quantitative estimate of drug-likeness (QED) is 0.474. The fourth-order valence-corrected chi connectivity index (χ4v) is 3.04. The molecule has 4 aromatic rings. The van der Waals surface area contributed by atoms with Crippen molar-refractivity contribution in [2.75, 3.05) is 13.2 Å². The number of imidazole rings is 1. The summed E-state index contributed by atoms with van der Waals surface area (Å²) in [4.78, 5) is 4.35. The summed E-state index contributed by atoms with van der Waals surface area (Å²) in [5.41, 5.74) is 3.78. The molecule has 0 aliphatic carbocycles. The lowest BCUT2D eigenvalue weighted by Crippen LogP contribution is -2.31. The normalized spacial score (nSPS) is 12.7. The number of hydrogen-bond acceptors (Lipinski definition) is 5. The van der Waals surface area contributed by atoms with Gasteiger partial charge in [-0.25, -0.2) is 4.98 Å². The summed E-state index contributed by atoms with van der Waals surface area (Å²) in [5.74, 6) is 0.731. The molecule has 0 radical (unpaired) electrons. The second-order valence-corrected chi connectivity index (χ2v) is 6.27. The van der Waals surface area contributed by atoms with Crippen molar-refractivity contribution in [3.8, 4) is 5.75 Å². The Hall–Kier alpha value is -2.90. The number of benzene rings is 1. The first kappa shape index (κ1) is 16.6. The van der Waals surface area contributed by atoms with E-state index in [9.17, 15) is 5.11 Å². The highest BCUT2D eigenvalue weighted by atomic mass is 16.5. The molecule has 7 heteroatoms. The predicted octanol–water partition coefficient (Wildman–Crippen LogP) is 2.05. The number of aryl methyl sites for hydroxylation is 1. The minimum absolute atomic E-state index is 0.212. The molecule has 0 unspecified atom stereocenters. The first-order chi connectivity index (χ1) is 12.7. The van der Waals surface area contributed by atoms with Crippen LogP contribution in [0.4, 0.5) is 0 Å². The Morgan fingerprint density at radius 2 is 2.19 bits per heavy atom. The summed E-state index contributed by atoms with van der Waals surface area (Å²) in [5, 5.41) is 21.6. The van der Waals surface area contributed by atoms with E-state index in [2.05, 4.69) is 20.5 Å². The highest BCUT2D eigenvalue weighted by Gasteiger charge is 2.11. The maximum absolute atomic E-state index is 10.2. The van der Waals surface area contributed by atoms with Gasteiger partial charge < -0.3 is 19.6 Å². The molecule has 3 aromatic heterocycles. The molecular weight excluding hydrogens is 330 g/mol. The molecule has 1 aromatic carbocycles. The fourth-order valence-electron chi connectivity index (χ4n) is 3.04. The van der Waals surface area contributed by atoms with Gasteiger partial charge in [0.2, 0.25) is 0 Å². The van der Waals surface area contributed by atoms with E-state index in [0.29, 0.717) is 13.1 Å². The van der Waals surface area contributed by atoms with Gasteiger partial charge in [0.05, 0.1) is 22.8 Å². The molecule has 4 rings (SSSR count). The van der Waals surface area contributed by atoms with Crippen LogP contribution < -0.4 is 10.1 Å². The van der Waals surface area contributed by atoms with Crippen molar-refractivity contribution in [2.45, 2.75) is 19.6 Å². The van der Waals surface area contributed by atoms with Crippen molar-refractivity contribution in [1.29, 1.82) is 0 Å². The Morgan fingerprint density at radius 3 is 3.12 bits per heavy atom. The lowest BCUT2D eigenvalue weighted by Gasteiger charge is -2.14. The Balaban J connectivity index is 1.31. The topological polar surface area (TPSA) is 87.5 Å². The van der Waals surface area contributed by atoms with E-state index in [1.165, 1.54) is 0 Å². The minimum Gasteiger partial charge on any atom is -0.490 e. The summed E-state index contributed by atoms with van der Waals surface area (Å²) >= 11 is 0. The number of aromatic nitrogens is 4. The third-order valence-electron chi connectivity index (χ3n) is 4.33. The molecule has 0 aliphatic rings. The monoisotopic (exact) mass is 351 g/mol. The molecule has 134 valence electrons. The Bertz CT molecular complexity index is 1020. The fraction of sp³-hybridized carbons (Fsp3) is 0.263. The van der Waals surface area contributed by atoms with Crippen molar-refractivity contribution < 1.29 is 9.84 Å². The average Bonchev–Trinajstić information content (AvgIpc) is 3.25. The van der Waals surface area contributed by atoms with Gasteiger partial charge in [-0.1, -0.05) is 12.1 Å². The molecule has 0 saturated carbocycles. The number of nitrogens with one attached hydrogen (secondary N) is 2. The molecule has 0 saturated heterocycles. The van der Waals surface area contributed by atoms with Crippen LogP contribution in [0.1, 0.15) is 11.4 Å². The maximum Gasteiger partial charge on any atom is 0.136 e. The number of pyridine rings is 1. The first-order valence-corrected chi connectivity index (χ1v) is 8.58. The zero-order valence-electron chi connectivity index (χ0n) is 14.5. The smallest absolute Gasteiger partial charge is 0.136 e. The van der Waals surface area contributed by atoms with Crippen LogP contribution in [-0.2, 0) is 6.54 Å². The molecule has 0 bridgehead atoms. The lowest BCUT2D eigenvalue weighted by molar-refractivity contribution is 0.107. The summed E-state index contributed by atoms with van der Waals surface area (Å²) < 4.78 is 7.84. The van der Waals surface area contributed by atoms with Crippen molar-refractivity contribution in [3.05, 3.63) is 60.2 Å². The molecule has 0 aliphatic heterocycles. The zero-order chi connectivity index (χ0) is 17.9. The van der Waals surface area contributed by atoms with Crippen molar-refractivity contribution in [3.63, 3.8) is 0 Å². The van der Waals surface area contributed by atoms with Crippen LogP contribution in [-0.4, -0.2) is 43.9 Å². The second-order valence-electron chi connectivity index (χ2n) is 6.27. The van der Waals surface area contributed by atoms with Crippen LogP contribution in [0.3, 0.4) is 0 Å². The van der Waals surface area contributed by atoms with Crippen molar-refractivity contribution >= 4 is 16.6 Å². The third-order valence-corrected chi connectivity index (χ3v) is 4.33. The van der Waals surface area contributed by atoms with Crippen LogP contribution in [0.5, 0.6) is 5.75 Å². The zero-order valence-corrected chi connectivity index (χ0v) is 14.5. The summed E-state index contributed by atoms with van der Waals surface area (Å²) in [6, 6.07) is 11.6. The number of nitrogens with zero attached hydrogens (tertiary/aromatic N) is 3. The van der Waals surface area contributed by atoms with Crippen LogP contribution in [0, 0.1) is 6.92 Å². The van der Waals surface area contributed by atoms with E-state index in [4.69, 9.17) is 4.74 Å².